The maximum atomic E-state index is 10.7. The lowest BCUT2D eigenvalue weighted by atomic mass is 9.91. The fourth-order valence-corrected chi connectivity index (χ4v) is 2.12. The highest BCUT2D eigenvalue weighted by molar-refractivity contribution is 5.70. The molecule has 1 spiro atoms. The van der Waals surface area contributed by atoms with Crippen LogP contribution in [0.5, 0.6) is 0 Å². The average Bonchev–Trinajstić information content (AvgIpc) is 2.77. The number of hydrogen-bond donors (Lipinski definition) is 1. The summed E-state index contributed by atoms with van der Waals surface area (Å²) in [5.41, 5.74) is 0.631. The Bertz CT molecular complexity index is 227. The van der Waals surface area contributed by atoms with Crippen LogP contribution < -0.4 is 0 Å². The molecule has 0 aromatic carbocycles. The first kappa shape index (κ1) is 9.00. The van der Waals surface area contributed by atoms with Gasteiger partial charge in [0.25, 0.3) is 0 Å². The molecule has 1 saturated carbocycles. The maximum absolute atomic E-state index is 10.7. The number of carboxylic acids is 1. The number of aliphatic carboxylic acids is 1. The molecule has 1 saturated heterocycles. The van der Waals surface area contributed by atoms with E-state index in [4.69, 9.17) is 5.11 Å². The lowest BCUT2D eigenvalue weighted by Gasteiger charge is -2.45. The van der Waals surface area contributed by atoms with Gasteiger partial charge in [-0.15, -0.1) is 0 Å². The first-order valence-corrected chi connectivity index (χ1v) is 5.01. The van der Waals surface area contributed by atoms with E-state index in [0.717, 1.165) is 13.1 Å². The molecule has 3 heteroatoms. The van der Waals surface area contributed by atoms with Gasteiger partial charge in [-0.3, -0.25) is 9.69 Å². The van der Waals surface area contributed by atoms with E-state index < -0.39 is 5.97 Å². The van der Waals surface area contributed by atoms with Gasteiger partial charge in [0, 0.05) is 19.1 Å². The number of rotatable bonds is 3. The van der Waals surface area contributed by atoms with Crippen molar-refractivity contribution in [3.63, 3.8) is 0 Å². The molecule has 2 unspecified atom stereocenters. The molecule has 1 aliphatic heterocycles. The Balaban J connectivity index is 1.84. The van der Waals surface area contributed by atoms with Gasteiger partial charge in [-0.05, 0) is 25.2 Å². The summed E-state index contributed by atoms with van der Waals surface area (Å²) in [6.07, 6.45) is 2.72. The molecule has 2 aliphatic rings. The van der Waals surface area contributed by atoms with Crippen molar-refractivity contribution in [3.8, 4) is 0 Å². The van der Waals surface area contributed by atoms with Crippen LogP contribution in [0, 0.1) is 11.3 Å². The summed E-state index contributed by atoms with van der Waals surface area (Å²) in [6, 6.07) is 0.198. The highest BCUT2D eigenvalue weighted by Crippen LogP contribution is 2.53. The molecule has 1 N–H and O–H groups in total. The van der Waals surface area contributed by atoms with Gasteiger partial charge in [0.15, 0.2) is 0 Å². The molecule has 13 heavy (non-hydrogen) atoms. The highest BCUT2D eigenvalue weighted by atomic mass is 16.4. The summed E-state index contributed by atoms with van der Waals surface area (Å²) >= 11 is 0. The molecule has 1 heterocycles. The van der Waals surface area contributed by atoms with Crippen molar-refractivity contribution < 1.29 is 9.90 Å². The zero-order chi connectivity index (χ0) is 9.64. The fraction of sp³-hybridized carbons (Fsp3) is 0.900. The Hall–Kier alpha value is -0.570. The number of hydrogen-bond acceptors (Lipinski definition) is 2. The van der Waals surface area contributed by atoms with Crippen molar-refractivity contribution in [2.75, 3.05) is 13.1 Å². The lowest BCUT2D eigenvalue weighted by molar-refractivity contribution is -0.144. The first-order valence-electron chi connectivity index (χ1n) is 5.01. The van der Waals surface area contributed by atoms with Crippen LogP contribution in [-0.2, 0) is 4.79 Å². The normalized spacial score (nSPS) is 29.4. The topological polar surface area (TPSA) is 40.5 Å². The molecule has 0 amide bonds. The third-order valence-electron chi connectivity index (χ3n) is 3.72. The first-order chi connectivity index (χ1) is 6.04. The van der Waals surface area contributed by atoms with E-state index >= 15 is 0 Å². The summed E-state index contributed by atoms with van der Waals surface area (Å²) in [5.74, 6) is -0.916. The largest absolute Gasteiger partial charge is 0.481 e. The van der Waals surface area contributed by atoms with Gasteiger partial charge in [-0.2, -0.15) is 0 Å². The van der Waals surface area contributed by atoms with E-state index in [1.165, 1.54) is 12.8 Å². The summed E-state index contributed by atoms with van der Waals surface area (Å²) < 4.78 is 0. The highest BCUT2D eigenvalue weighted by Gasteiger charge is 2.53. The van der Waals surface area contributed by atoms with E-state index in [9.17, 15) is 4.79 Å². The predicted octanol–water partition coefficient (Wildman–Crippen LogP) is 1.19. The Morgan fingerprint density at radius 3 is 2.31 bits per heavy atom. The van der Waals surface area contributed by atoms with Crippen LogP contribution in [0.25, 0.3) is 0 Å². The molecule has 3 nitrogen and oxygen atoms in total. The van der Waals surface area contributed by atoms with E-state index in [1.807, 2.05) is 6.92 Å². The van der Waals surface area contributed by atoms with Crippen molar-refractivity contribution in [1.29, 1.82) is 0 Å². The summed E-state index contributed by atoms with van der Waals surface area (Å²) in [7, 11) is 0. The third-order valence-corrected chi connectivity index (χ3v) is 3.72. The SMILES string of the molecule is CC(C(=O)O)C(C)N1CC2(CC2)C1. The van der Waals surface area contributed by atoms with E-state index in [0.29, 0.717) is 5.41 Å². The van der Waals surface area contributed by atoms with Crippen LogP contribution in [0.15, 0.2) is 0 Å². The van der Waals surface area contributed by atoms with Crippen LogP contribution >= 0.6 is 0 Å². The van der Waals surface area contributed by atoms with Crippen LogP contribution in [0.2, 0.25) is 0 Å². The zero-order valence-electron chi connectivity index (χ0n) is 8.29. The molecule has 0 radical (unpaired) electrons. The van der Waals surface area contributed by atoms with Gasteiger partial charge in [0.2, 0.25) is 0 Å². The molecule has 74 valence electrons. The molecule has 0 aromatic heterocycles. The van der Waals surface area contributed by atoms with Crippen LogP contribution in [0.1, 0.15) is 26.7 Å². The van der Waals surface area contributed by atoms with E-state index in [-0.39, 0.29) is 12.0 Å². The molecule has 2 rings (SSSR count). The standard InChI is InChI=1S/C10H17NO2/c1-7(9(12)13)8(2)11-5-10(6-11)3-4-10/h7-8H,3-6H2,1-2H3,(H,12,13). The van der Waals surface area contributed by atoms with Crippen LogP contribution in [-0.4, -0.2) is 35.1 Å². The molecular weight excluding hydrogens is 166 g/mol. The fourth-order valence-electron chi connectivity index (χ4n) is 2.12. The van der Waals surface area contributed by atoms with Gasteiger partial charge in [-0.25, -0.2) is 0 Å². The van der Waals surface area contributed by atoms with Crippen LogP contribution in [0.4, 0.5) is 0 Å². The molecule has 0 aromatic rings. The smallest absolute Gasteiger partial charge is 0.307 e. The van der Waals surface area contributed by atoms with Crippen molar-refractivity contribution in [1.82, 2.24) is 4.90 Å². The molecule has 0 bridgehead atoms. The van der Waals surface area contributed by atoms with E-state index in [2.05, 4.69) is 4.90 Å². The van der Waals surface area contributed by atoms with Crippen molar-refractivity contribution in [2.24, 2.45) is 11.3 Å². The second-order valence-electron chi connectivity index (χ2n) is 4.77. The second-order valence-corrected chi connectivity index (χ2v) is 4.77. The third kappa shape index (κ3) is 1.46. The zero-order valence-corrected chi connectivity index (χ0v) is 8.29. The Kier molecular flexibility index (Phi) is 1.88. The Morgan fingerprint density at radius 1 is 1.38 bits per heavy atom. The van der Waals surface area contributed by atoms with Gasteiger partial charge < -0.3 is 5.11 Å². The summed E-state index contributed by atoms with van der Waals surface area (Å²) in [4.78, 5) is 13.0. The number of nitrogens with zero attached hydrogens (tertiary/aromatic N) is 1. The number of likely N-dealkylation sites (tertiary alicyclic amines) is 1. The maximum Gasteiger partial charge on any atom is 0.307 e. The van der Waals surface area contributed by atoms with Gasteiger partial charge in [-0.1, -0.05) is 6.92 Å². The Labute approximate surface area is 78.7 Å². The monoisotopic (exact) mass is 183 g/mol. The quantitative estimate of drug-likeness (QED) is 0.714. The second kappa shape index (κ2) is 2.71. The Morgan fingerprint density at radius 2 is 1.92 bits per heavy atom. The summed E-state index contributed by atoms with van der Waals surface area (Å²) in [6.45, 7) is 6.08. The minimum absolute atomic E-state index is 0.198. The molecule has 2 atom stereocenters. The van der Waals surface area contributed by atoms with Crippen LogP contribution in [0.3, 0.4) is 0 Å². The number of carbonyl (C=O) groups is 1. The van der Waals surface area contributed by atoms with Crippen molar-refractivity contribution in [3.05, 3.63) is 0 Å². The average molecular weight is 183 g/mol. The van der Waals surface area contributed by atoms with E-state index in [1.54, 1.807) is 6.92 Å². The van der Waals surface area contributed by atoms with Crippen molar-refractivity contribution in [2.45, 2.75) is 32.7 Å². The minimum atomic E-state index is -0.677. The van der Waals surface area contributed by atoms with Gasteiger partial charge in [0.1, 0.15) is 0 Å². The predicted molar refractivity (Wildman–Crippen MR) is 49.5 cm³/mol. The van der Waals surface area contributed by atoms with Gasteiger partial charge in [0.05, 0.1) is 5.92 Å². The van der Waals surface area contributed by atoms with Crippen molar-refractivity contribution >= 4 is 5.97 Å². The lowest BCUT2D eigenvalue weighted by Crippen LogP contribution is -2.55. The number of carboxylic acid groups (broad SMARTS) is 1. The molecule has 1 aliphatic carbocycles. The van der Waals surface area contributed by atoms with Gasteiger partial charge >= 0.3 is 5.97 Å². The summed E-state index contributed by atoms with van der Waals surface area (Å²) in [5, 5.41) is 8.84. The minimum Gasteiger partial charge on any atom is -0.481 e. The molecule has 2 fully saturated rings. The molecular formula is C10H17NO2.